The second-order valence-corrected chi connectivity index (χ2v) is 10.9. The smallest absolute Gasteiger partial charge is 0.147 e. The Morgan fingerprint density at radius 1 is 1.07 bits per heavy atom. The van der Waals surface area contributed by atoms with Gasteiger partial charge >= 0.3 is 0 Å². The third kappa shape index (κ3) is 3.46. The number of fused-ring (bicyclic) bond motifs is 5. The molecule has 3 nitrogen and oxygen atoms in total. The molecule has 4 rings (SSSR count). The van der Waals surface area contributed by atoms with Gasteiger partial charge in [0.1, 0.15) is 5.78 Å². The zero-order valence-electron chi connectivity index (χ0n) is 17.1. The summed E-state index contributed by atoms with van der Waals surface area (Å²) >= 11 is 3.42. The maximum absolute atomic E-state index is 12.5. The van der Waals surface area contributed by atoms with Gasteiger partial charge in [0.05, 0.1) is 17.5 Å². The zero-order chi connectivity index (χ0) is 19.2. The number of carbonyl (C=O) groups is 1. The fourth-order valence-electron chi connectivity index (χ4n) is 8.01. The Morgan fingerprint density at radius 2 is 1.85 bits per heavy atom. The molecule has 0 radical (unpaired) electrons. The number of hydrogen-bond donors (Lipinski definition) is 1. The van der Waals surface area contributed by atoms with Crippen LogP contribution in [0.2, 0.25) is 0 Å². The fraction of sp³-hybridized carbons (Fsp3) is 0.957. The van der Waals surface area contributed by atoms with Crippen molar-refractivity contribution < 1.29 is 14.6 Å². The Balaban J connectivity index is 1.47. The Kier molecular flexibility index (Phi) is 5.82. The minimum Gasteiger partial charge on any atom is -0.387 e. The lowest BCUT2D eigenvalue weighted by molar-refractivity contribution is -0.136. The lowest BCUT2D eigenvalue weighted by Crippen LogP contribution is -2.52. The Morgan fingerprint density at radius 3 is 2.59 bits per heavy atom. The van der Waals surface area contributed by atoms with E-state index in [0.29, 0.717) is 30.2 Å². The van der Waals surface area contributed by atoms with E-state index in [1.165, 1.54) is 38.5 Å². The lowest BCUT2D eigenvalue weighted by Gasteiger charge is -2.57. The highest BCUT2D eigenvalue weighted by Crippen LogP contribution is 2.64. The van der Waals surface area contributed by atoms with Crippen LogP contribution in [-0.4, -0.2) is 35.0 Å². The molecule has 0 aromatic rings. The molecule has 4 fully saturated rings. The molecule has 0 aromatic carbocycles. The molecule has 0 spiro atoms. The average molecular weight is 441 g/mol. The third-order valence-electron chi connectivity index (χ3n) is 9.20. The molecule has 1 N–H and O–H groups in total. The summed E-state index contributed by atoms with van der Waals surface area (Å²) in [5, 5.41) is 11.5. The van der Waals surface area contributed by atoms with Gasteiger partial charge in [-0.05, 0) is 99.7 Å². The van der Waals surface area contributed by atoms with Gasteiger partial charge in [0.2, 0.25) is 0 Å². The van der Waals surface area contributed by atoms with E-state index in [0.717, 1.165) is 42.9 Å². The minimum atomic E-state index is -0.589. The normalized spacial score (nSPS) is 49.2. The Hall–Kier alpha value is 0.0700. The molecule has 0 amide bonds. The van der Waals surface area contributed by atoms with E-state index < -0.39 is 5.60 Å². The average Bonchev–Trinajstić information content (AvgIpc) is 3.02. The molecule has 0 bridgehead atoms. The van der Waals surface area contributed by atoms with E-state index in [2.05, 4.69) is 22.9 Å². The summed E-state index contributed by atoms with van der Waals surface area (Å²) in [4.78, 5) is 12.5. The number of Topliss-reactive ketones (excluding diaryl/α,β-unsaturated/α-hetero) is 1. The molecule has 0 aliphatic heterocycles. The van der Waals surface area contributed by atoms with E-state index >= 15 is 0 Å². The van der Waals surface area contributed by atoms with Crippen LogP contribution in [0, 0.1) is 40.9 Å². The van der Waals surface area contributed by atoms with E-state index in [1.807, 2.05) is 6.92 Å². The molecule has 8 atom stereocenters. The highest BCUT2D eigenvalue weighted by molar-refractivity contribution is 9.09. The van der Waals surface area contributed by atoms with Crippen molar-refractivity contribution in [2.75, 3.05) is 18.5 Å². The molecule has 4 saturated carbocycles. The molecule has 154 valence electrons. The highest BCUT2D eigenvalue weighted by atomic mass is 79.9. The van der Waals surface area contributed by atoms with Crippen molar-refractivity contribution in [2.24, 2.45) is 40.9 Å². The summed E-state index contributed by atoms with van der Waals surface area (Å²) in [5.74, 6) is 4.58. The van der Waals surface area contributed by atoms with Crippen LogP contribution in [0.1, 0.15) is 71.6 Å². The van der Waals surface area contributed by atoms with Crippen molar-refractivity contribution in [3.63, 3.8) is 0 Å². The van der Waals surface area contributed by atoms with E-state index in [-0.39, 0.29) is 11.3 Å². The molecule has 27 heavy (non-hydrogen) atoms. The molecule has 0 aromatic heterocycles. The van der Waals surface area contributed by atoms with Gasteiger partial charge in [0, 0.05) is 12.5 Å². The number of aliphatic hydroxyl groups is 1. The first-order valence-electron chi connectivity index (χ1n) is 11.3. The summed E-state index contributed by atoms with van der Waals surface area (Å²) in [6.07, 6.45) is 10.5. The number of ether oxygens (including phenoxy) is 1. The standard InChI is InChI=1S/C23H37BrO3/c1-3-27-14-23(26)11-9-16-15(12-23)4-5-18-17(16)8-10-22(2)19(18)6-7-20(22)21(25)13-24/h15-20,26H,3-14H2,1-2H3/t15-,16?,17+,18?,19-,20+,22-,23+/m0/s1. The maximum Gasteiger partial charge on any atom is 0.147 e. The monoisotopic (exact) mass is 440 g/mol. The molecule has 4 aliphatic carbocycles. The van der Waals surface area contributed by atoms with Gasteiger partial charge in [-0.2, -0.15) is 0 Å². The van der Waals surface area contributed by atoms with Crippen LogP contribution in [0.3, 0.4) is 0 Å². The number of rotatable bonds is 5. The quantitative estimate of drug-likeness (QED) is 0.612. The van der Waals surface area contributed by atoms with Crippen LogP contribution in [0.5, 0.6) is 0 Å². The van der Waals surface area contributed by atoms with Crippen LogP contribution in [-0.2, 0) is 9.53 Å². The van der Waals surface area contributed by atoms with Crippen molar-refractivity contribution in [1.29, 1.82) is 0 Å². The van der Waals surface area contributed by atoms with E-state index in [4.69, 9.17) is 4.74 Å². The number of halogens is 1. The van der Waals surface area contributed by atoms with Crippen LogP contribution in [0.4, 0.5) is 0 Å². The van der Waals surface area contributed by atoms with Gasteiger partial charge in [-0.15, -0.1) is 0 Å². The lowest BCUT2D eigenvalue weighted by atomic mass is 9.49. The van der Waals surface area contributed by atoms with E-state index in [9.17, 15) is 9.90 Å². The molecule has 0 saturated heterocycles. The van der Waals surface area contributed by atoms with Crippen molar-refractivity contribution in [3.8, 4) is 0 Å². The summed E-state index contributed by atoms with van der Waals surface area (Å²) in [6, 6.07) is 0. The maximum atomic E-state index is 12.5. The molecular formula is C23H37BrO3. The van der Waals surface area contributed by atoms with Gasteiger partial charge in [0.25, 0.3) is 0 Å². The predicted molar refractivity (Wildman–Crippen MR) is 111 cm³/mol. The molecule has 4 heteroatoms. The van der Waals surface area contributed by atoms with Crippen molar-refractivity contribution in [1.82, 2.24) is 0 Å². The Bertz CT molecular complexity index is 566. The summed E-state index contributed by atoms with van der Waals surface area (Å²) in [6.45, 7) is 5.64. The number of carbonyl (C=O) groups excluding carboxylic acids is 1. The molecular weight excluding hydrogens is 404 g/mol. The van der Waals surface area contributed by atoms with E-state index in [1.54, 1.807) is 0 Å². The van der Waals surface area contributed by atoms with Crippen LogP contribution < -0.4 is 0 Å². The SMILES string of the molecule is CCOC[C@@]1(O)CCC2[C@@H](CCC3[C@@H]2CC[C@]2(C)[C@@H](C(=O)CBr)CC[C@@H]32)C1. The largest absolute Gasteiger partial charge is 0.387 e. The number of alkyl halides is 1. The second-order valence-electron chi connectivity index (χ2n) is 10.3. The number of ketones is 1. The fourth-order valence-corrected chi connectivity index (χ4v) is 8.40. The first-order valence-corrected chi connectivity index (χ1v) is 12.4. The first kappa shape index (κ1) is 20.3. The first-order chi connectivity index (χ1) is 12.9. The van der Waals surface area contributed by atoms with Gasteiger partial charge in [-0.25, -0.2) is 0 Å². The van der Waals surface area contributed by atoms with Crippen molar-refractivity contribution in [2.45, 2.75) is 77.2 Å². The predicted octanol–water partition coefficient (Wildman–Crippen LogP) is 4.99. The van der Waals surface area contributed by atoms with Gasteiger partial charge < -0.3 is 9.84 Å². The second kappa shape index (κ2) is 7.72. The third-order valence-corrected chi connectivity index (χ3v) is 9.75. The van der Waals surface area contributed by atoms with Crippen LogP contribution in [0.15, 0.2) is 0 Å². The summed E-state index contributed by atoms with van der Waals surface area (Å²) in [7, 11) is 0. The molecule has 4 aliphatic rings. The van der Waals surface area contributed by atoms with Crippen LogP contribution >= 0.6 is 15.9 Å². The zero-order valence-corrected chi connectivity index (χ0v) is 18.7. The summed E-state index contributed by atoms with van der Waals surface area (Å²) < 4.78 is 5.59. The van der Waals surface area contributed by atoms with Crippen molar-refractivity contribution >= 4 is 21.7 Å². The topological polar surface area (TPSA) is 46.5 Å². The minimum absolute atomic E-state index is 0.239. The Labute approximate surface area is 173 Å². The molecule has 2 unspecified atom stereocenters. The highest BCUT2D eigenvalue weighted by Gasteiger charge is 2.58. The van der Waals surface area contributed by atoms with Gasteiger partial charge in [-0.3, -0.25) is 4.79 Å². The van der Waals surface area contributed by atoms with Crippen molar-refractivity contribution in [3.05, 3.63) is 0 Å². The van der Waals surface area contributed by atoms with Gasteiger partial charge in [-0.1, -0.05) is 22.9 Å². The number of hydrogen-bond acceptors (Lipinski definition) is 3. The molecule has 0 heterocycles. The summed E-state index contributed by atoms with van der Waals surface area (Å²) in [5.41, 5.74) is -0.350. The van der Waals surface area contributed by atoms with Crippen LogP contribution in [0.25, 0.3) is 0 Å². The van der Waals surface area contributed by atoms with Gasteiger partial charge in [0.15, 0.2) is 0 Å².